The molecule has 0 saturated carbocycles. The number of nitrogens with one attached hydrogen (secondary N) is 1. The highest BCUT2D eigenvalue weighted by molar-refractivity contribution is 5.74. The fraction of sp³-hybridized carbons (Fsp3) is 0.588. The molecule has 0 amide bonds. The van der Waals surface area contributed by atoms with Crippen LogP contribution in [0.3, 0.4) is 0 Å². The Balaban J connectivity index is 1.58. The van der Waals surface area contributed by atoms with Gasteiger partial charge in [0.25, 0.3) is 0 Å². The molecule has 2 heterocycles. The first-order valence-corrected chi connectivity index (χ1v) is 8.72. The van der Waals surface area contributed by atoms with E-state index in [2.05, 4.69) is 44.3 Å². The second kappa shape index (κ2) is 8.35. The molecule has 1 aliphatic rings. The summed E-state index contributed by atoms with van der Waals surface area (Å²) in [7, 11) is 0. The summed E-state index contributed by atoms with van der Waals surface area (Å²) < 4.78 is 19.3. The maximum absolute atomic E-state index is 13.7. The maximum atomic E-state index is 13.7. The minimum Gasteiger partial charge on any atom is -0.380 e. The molecule has 0 unspecified atom stereocenters. The predicted octanol–water partition coefficient (Wildman–Crippen LogP) is 1.80. The van der Waals surface area contributed by atoms with Crippen molar-refractivity contribution in [1.82, 2.24) is 25.5 Å². The topological polar surface area (TPSA) is 70.2 Å². The molecule has 1 aliphatic heterocycles. The summed E-state index contributed by atoms with van der Waals surface area (Å²) in [6.07, 6.45) is 0. The van der Waals surface area contributed by atoms with Gasteiger partial charge in [0.05, 0.1) is 6.61 Å². The Morgan fingerprint density at radius 1 is 1.24 bits per heavy atom. The van der Waals surface area contributed by atoms with Crippen LogP contribution in [0.4, 0.5) is 10.1 Å². The lowest BCUT2D eigenvalue weighted by molar-refractivity contribution is 0.0838. The number of tetrazole rings is 1. The van der Waals surface area contributed by atoms with Gasteiger partial charge in [0, 0.05) is 50.6 Å². The van der Waals surface area contributed by atoms with Crippen molar-refractivity contribution in [3.05, 3.63) is 24.0 Å². The van der Waals surface area contributed by atoms with Crippen LogP contribution in [0.15, 0.2) is 18.2 Å². The van der Waals surface area contributed by atoms with E-state index in [4.69, 9.17) is 4.74 Å². The number of nitrogens with zero attached hydrogens (tertiary/aromatic N) is 5. The van der Waals surface area contributed by atoms with Crippen LogP contribution < -0.4 is 4.90 Å². The molecule has 1 saturated heterocycles. The fourth-order valence-corrected chi connectivity index (χ4v) is 2.96. The SMILES string of the molecule is CC(C)COCCN1CCN(c2ccc(F)cc2-c2nn[nH]n2)CC1. The van der Waals surface area contributed by atoms with Crippen LogP contribution in [0.25, 0.3) is 11.4 Å². The van der Waals surface area contributed by atoms with Gasteiger partial charge in [-0.2, -0.15) is 5.21 Å². The third-order valence-electron chi connectivity index (χ3n) is 4.26. The normalized spacial score (nSPS) is 15.9. The number of aromatic amines is 1. The van der Waals surface area contributed by atoms with E-state index in [0.717, 1.165) is 51.6 Å². The van der Waals surface area contributed by atoms with Crippen molar-refractivity contribution in [3.8, 4) is 11.4 Å². The molecule has 1 fully saturated rings. The van der Waals surface area contributed by atoms with Crippen LogP contribution in [-0.2, 0) is 4.74 Å². The molecule has 0 atom stereocenters. The van der Waals surface area contributed by atoms with Gasteiger partial charge in [-0.1, -0.05) is 13.8 Å². The van der Waals surface area contributed by atoms with Gasteiger partial charge < -0.3 is 9.64 Å². The Morgan fingerprint density at radius 3 is 2.72 bits per heavy atom. The lowest BCUT2D eigenvalue weighted by Crippen LogP contribution is -2.47. The number of benzene rings is 1. The smallest absolute Gasteiger partial charge is 0.206 e. The number of H-pyrrole nitrogens is 1. The highest BCUT2D eigenvalue weighted by Crippen LogP contribution is 2.29. The molecule has 25 heavy (non-hydrogen) atoms. The van der Waals surface area contributed by atoms with Crippen molar-refractivity contribution < 1.29 is 9.13 Å². The van der Waals surface area contributed by atoms with Crippen LogP contribution in [0, 0.1) is 11.7 Å². The number of rotatable bonds is 7. The molecule has 3 rings (SSSR count). The van der Waals surface area contributed by atoms with Crippen LogP contribution in [0.5, 0.6) is 0 Å². The highest BCUT2D eigenvalue weighted by Gasteiger charge is 2.21. The van der Waals surface area contributed by atoms with Gasteiger partial charge >= 0.3 is 0 Å². The minimum absolute atomic E-state index is 0.301. The molecule has 136 valence electrons. The highest BCUT2D eigenvalue weighted by atomic mass is 19.1. The predicted molar refractivity (Wildman–Crippen MR) is 93.9 cm³/mol. The maximum Gasteiger partial charge on any atom is 0.206 e. The number of halogens is 1. The number of aromatic nitrogens is 4. The minimum atomic E-state index is -0.301. The van der Waals surface area contributed by atoms with Gasteiger partial charge in [0.15, 0.2) is 0 Å². The largest absolute Gasteiger partial charge is 0.380 e. The first-order chi connectivity index (χ1) is 12.1. The molecule has 1 aromatic carbocycles. The second-order valence-corrected chi connectivity index (χ2v) is 6.69. The van der Waals surface area contributed by atoms with E-state index in [1.54, 1.807) is 6.07 Å². The lowest BCUT2D eigenvalue weighted by Gasteiger charge is -2.36. The van der Waals surface area contributed by atoms with Crippen molar-refractivity contribution in [3.63, 3.8) is 0 Å². The van der Waals surface area contributed by atoms with Gasteiger partial charge in [-0.3, -0.25) is 4.90 Å². The van der Waals surface area contributed by atoms with Gasteiger partial charge in [-0.25, -0.2) is 4.39 Å². The summed E-state index contributed by atoms with van der Waals surface area (Å²) in [5, 5.41) is 14.0. The number of hydrogen-bond acceptors (Lipinski definition) is 6. The van der Waals surface area contributed by atoms with Crippen molar-refractivity contribution >= 4 is 5.69 Å². The molecule has 0 spiro atoms. The Kier molecular flexibility index (Phi) is 5.93. The van der Waals surface area contributed by atoms with E-state index in [9.17, 15) is 4.39 Å². The zero-order valence-electron chi connectivity index (χ0n) is 14.8. The molecule has 0 bridgehead atoms. The molecular formula is C17H25FN6O. The van der Waals surface area contributed by atoms with E-state index in [1.807, 2.05) is 0 Å². The van der Waals surface area contributed by atoms with E-state index < -0.39 is 0 Å². The van der Waals surface area contributed by atoms with Gasteiger partial charge in [-0.05, 0) is 29.3 Å². The van der Waals surface area contributed by atoms with Gasteiger partial charge in [-0.15, -0.1) is 10.2 Å². The Labute approximate surface area is 147 Å². The van der Waals surface area contributed by atoms with Crippen LogP contribution >= 0.6 is 0 Å². The van der Waals surface area contributed by atoms with Crippen LogP contribution in [0.1, 0.15) is 13.8 Å². The summed E-state index contributed by atoms with van der Waals surface area (Å²) >= 11 is 0. The molecule has 0 radical (unpaired) electrons. The third kappa shape index (κ3) is 4.73. The molecule has 8 heteroatoms. The van der Waals surface area contributed by atoms with E-state index in [0.29, 0.717) is 17.3 Å². The average Bonchev–Trinajstić information content (AvgIpc) is 3.14. The van der Waals surface area contributed by atoms with E-state index >= 15 is 0 Å². The van der Waals surface area contributed by atoms with E-state index in [1.165, 1.54) is 12.1 Å². The van der Waals surface area contributed by atoms with Crippen molar-refractivity contribution in [2.45, 2.75) is 13.8 Å². The Morgan fingerprint density at radius 2 is 2.04 bits per heavy atom. The van der Waals surface area contributed by atoms with Gasteiger partial charge in [0.2, 0.25) is 5.82 Å². The molecule has 0 aliphatic carbocycles. The van der Waals surface area contributed by atoms with Crippen LogP contribution in [-0.4, -0.2) is 71.5 Å². The summed E-state index contributed by atoms with van der Waals surface area (Å²) in [4.78, 5) is 4.64. The van der Waals surface area contributed by atoms with Crippen molar-refractivity contribution in [1.29, 1.82) is 0 Å². The lowest BCUT2D eigenvalue weighted by atomic mass is 10.1. The summed E-state index contributed by atoms with van der Waals surface area (Å²) in [6, 6.07) is 4.74. The third-order valence-corrected chi connectivity index (χ3v) is 4.26. The Hall–Kier alpha value is -2.06. The summed E-state index contributed by atoms with van der Waals surface area (Å²) in [5.74, 6) is 0.683. The number of ether oxygens (including phenoxy) is 1. The molecule has 1 aromatic heterocycles. The van der Waals surface area contributed by atoms with Crippen molar-refractivity contribution in [2.75, 3.05) is 50.8 Å². The van der Waals surface area contributed by atoms with E-state index in [-0.39, 0.29) is 5.82 Å². The zero-order chi connectivity index (χ0) is 17.6. The molecule has 2 aromatic rings. The monoisotopic (exact) mass is 348 g/mol. The first-order valence-electron chi connectivity index (χ1n) is 8.72. The molecular weight excluding hydrogens is 323 g/mol. The zero-order valence-corrected chi connectivity index (χ0v) is 14.8. The first kappa shape index (κ1) is 17.8. The summed E-state index contributed by atoms with van der Waals surface area (Å²) in [5.41, 5.74) is 1.61. The molecule has 7 nitrogen and oxygen atoms in total. The fourth-order valence-electron chi connectivity index (χ4n) is 2.96. The summed E-state index contributed by atoms with van der Waals surface area (Å²) in [6.45, 7) is 10.5. The number of anilines is 1. The standard InChI is InChI=1S/C17H25FN6O/c1-13(2)12-25-10-9-23-5-7-24(8-6-23)16-4-3-14(18)11-15(16)17-19-21-22-20-17/h3-4,11,13H,5-10,12H2,1-2H3,(H,19,20,21,22). The molecule has 1 N–H and O–H groups in total. The number of hydrogen-bond donors (Lipinski definition) is 1. The average molecular weight is 348 g/mol. The van der Waals surface area contributed by atoms with Crippen molar-refractivity contribution in [2.24, 2.45) is 5.92 Å². The van der Waals surface area contributed by atoms with Gasteiger partial charge in [0.1, 0.15) is 5.82 Å². The quantitative estimate of drug-likeness (QED) is 0.770. The number of piperazine rings is 1. The Bertz CT molecular complexity index is 655. The van der Waals surface area contributed by atoms with Crippen LogP contribution in [0.2, 0.25) is 0 Å². The second-order valence-electron chi connectivity index (χ2n) is 6.69.